The van der Waals surface area contributed by atoms with Gasteiger partial charge in [-0.1, -0.05) is 11.3 Å². The van der Waals surface area contributed by atoms with Gasteiger partial charge in [-0.25, -0.2) is 8.42 Å². The molecule has 14 heavy (non-hydrogen) atoms. The van der Waals surface area contributed by atoms with Gasteiger partial charge in [-0.3, -0.25) is 0 Å². The molecule has 0 amide bonds. The summed E-state index contributed by atoms with van der Waals surface area (Å²) < 4.78 is 23.2. The van der Waals surface area contributed by atoms with Crippen LogP contribution in [0.25, 0.3) is 6.08 Å². The lowest BCUT2D eigenvalue weighted by Gasteiger charge is -1.98. The number of hydrogen-bond acceptors (Lipinski definition) is 5. The van der Waals surface area contributed by atoms with E-state index in [0.717, 1.165) is 16.6 Å². The molecule has 0 bridgehead atoms. The van der Waals surface area contributed by atoms with Crippen molar-refractivity contribution in [2.75, 3.05) is 6.26 Å². The molecular formula is C7H10N4O2S. The molecule has 6 nitrogen and oxygen atoms in total. The Morgan fingerprint density at radius 3 is 2.57 bits per heavy atom. The van der Waals surface area contributed by atoms with E-state index in [4.69, 9.17) is 5.41 Å². The highest BCUT2D eigenvalue weighted by atomic mass is 32.2. The van der Waals surface area contributed by atoms with Gasteiger partial charge in [0.2, 0.25) is 0 Å². The van der Waals surface area contributed by atoms with Crippen LogP contribution in [0.4, 0.5) is 0 Å². The molecule has 0 atom stereocenters. The third-order valence-electron chi connectivity index (χ3n) is 1.48. The van der Waals surface area contributed by atoms with Crippen molar-refractivity contribution in [2.24, 2.45) is 0 Å². The van der Waals surface area contributed by atoms with Crippen LogP contribution in [0, 0.1) is 5.41 Å². The first-order chi connectivity index (χ1) is 6.50. The van der Waals surface area contributed by atoms with Crippen molar-refractivity contribution in [1.82, 2.24) is 14.4 Å². The second-order valence-electron chi connectivity index (χ2n) is 2.61. The average molecular weight is 214 g/mol. The van der Waals surface area contributed by atoms with Crippen LogP contribution in [-0.4, -0.2) is 35.3 Å². The van der Waals surface area contributed by atoms with Crippen LogP contribution in [0.1, 0.15) is 18.3 Å². The first-order valence-corrected chi connectivity index (χ1v) is 5.65. The Morgan fingerprint density at radius 2 is 2.14 bits per heavy atom. The van der Waals surface area contributed by atoms with Crippen molar-refractivity contribution in [1.29, 1.82) is 5.41 Å². The van der Waals surface area contributed by atoms with E-state index in [-0.39, 0.29) is 5.69 Å². The van der Waals surface area contributed by atoms with Gasteiger partial charge >= 0.3 is 0 Å². The number of rotatable bonds is 3. The van der Waals surface area contributed by atoms with Gasteiger partial charge in [0.05, 0.1) is 6.26 Å². The summed E-state index contributed by atoms with van der Waals surface area (Å²) in [7, 11) is -3.46. The Labute approximate surface area is 81.8 Å². The molecule has 1 heterocycles. The third kappa shape index (κ3) is 1.87. The molecule has 0 aliphatic heterocycles. The minimum absolute atomic E-state index is 0.230. The van der Waals surface area contributed by atoms with Gasteiger partial charge in [-0.2, -0.15) is 0 Å². The van der Waals surface area contributed by atoms with Gasteiger partial charge in [0.25, 0.3) is 10.0 Å². The van der Waals surface area contributed by atoms with Crippen LogP contribution in [0.15, 0.2) is 6.08 Å². The summed E-state index contributed by atoms with van der Waals surface area (Å²) in [5, 5.41) is 14.0. The normalized spacial score (nSPS) is 12.1. The molecule has 0 aliphatic carbocycles. The lowest BCUT2D eigenvalue weighted by atomic mass is 10.3. The molecule has 0 aromatic carbocycles. The first-order valence-electron chi connectivity index (χ1n) is 3.80. The minimum Gasteiger partial charge on any atom is -0.306 e. The highest BCUT2D eigenvalue weighted by Gasteiger charge is 2.15. The number of allylic oxidation sites excluding steroid dienone is 1. The Hall–Kier alpha value is -1.50. The minimum atomic E-state index is -3.46. The number of hydrogen-bond donors (Lipinski definition) is 1. The Bertz CT molecular complexity index is 472. The highest BCUT2D eigenvalue weighted by molar-refractivity contribution is 7.89. The molecular weight excluding hydrogens is 204 g/mol. The summed E-state index contributed by atoms with van der Waals surface area (Å²) in [6, 6.07) is 0. The van der Waals surface area contributed by atoms with Crippen molar-refractivity contribution in [3.8, 4) is 0 Å². The molecule has 1 N–H and O–H groups in total. The molecule has 0 spiro atoms. The van der Waals surface area contributed by atoms with E-state index >= 15 is 0 Å². The third-order valence-corrected chi connectivity index (χ3v) is 2.38. The molecule has 0 radical (unpaired) electrons. The first kappa shape index (κ1) is 10.6. The van der Waals surface area contributed by atoms with Crippen LogP contribution in [0.5, 0.6) is 0 Å². The van der Waals surface area contributed by atoms with E-state index < -0.39 is 10.0 Å². The molecule has 0 saturated heterocycles. The highest BCUT2D eigenvalue weighted by Crippen LogP contribution is 2.07. The van der Waals surface area contributed by atoms with E-state index in [1.807, 2.05) is 0 Å². The number of nitrogens with one attached hydrogen (secondary N) is 1. The molecule has 1 aromatic heterocycles. The summed E-state index contributed by atoms with van der Waals surface area (Å²) >= 11 is 0. The Kier molecular flexibility index (Phi) is 2.80. The zero-order valence-electron chi connectivity index (χ0n) is 7.80. The fraction of sp³-hybridized carbons (Fsp3) is 0.286. The fourth-order valence-electron chi connectivity index (χ4n) is 0.941. The smallest absolute Gasteiger partial charge is 0.252 e. The van der Waals surface area contributed by atoms with Crippen LogP contribution in [-0.2, 0) is 10.0 Å². The van der Waals surface area contributed by atoms with Crippen molar-refractivity contribution in [3.63, 3.8) is 0 Å². The second-order valence-corrected chi connectivity index (χ2v) is 4.42. The Morgan fingerprint density at radius 1 is 1.50 bits per heavy atom. The van der Waals surface area contributed by atoms with E-state index in [2.05, 4.69) is 10.3 Å². The quantitative estimate of drug-likeness (QED) is 0.723. The van der Waals surface area contributed by atoms with Crippen molar-refractivity contribution < 1.29 is 8.42 Å². The Balaban J connectivity index is 3.47. The van der Waals surface area contributed by atoms with Crippen molar-refractivity contribution in [3.05, 3.63) is 17.5 Å². The monoisotopic (exact) mass is 214 g/mol. The number of nitrogens with zero attached hydrogens (tertiary/aromatic N) is 3. The molecule has 1 aromatic rings. The van der Waals surface area contributed by atoms with E-state index in [1.54, 1.807) is 19.1 Å². The maximum absolute atomic E-state index is 11.2. The van der Waals surface area contributed by atoms with Crippen LogP contribution >= 0.6 is 0 Å². The summed E-state index contributed by atoms with van der Waals surface area (Å²) in [4.78, 5) is 0. The molecule has 76 valence electrons. The van der Waals surface area contributed by atoms with Crippen LogP contribution < -0.4 is 0 Å². The maximum Gasteiger partial charge on any atom is 0.252 e. The maximum atomic E-state index is 11.2. The summed E-state index contributed by atoms with van der Waals surface area (Å²) in [5.41, 5.74) is 0.526. The van der Waals surface area contributed by atoms with Crippen LogP contribution in [0.2, 0.25) is 0 Å². The second kappa shape index (κ2) is 3.70. The predicted octanol–water partition coefficient (Wildman–Crippen LogP) is 0.117. The summed E-state index contributed by atoms with van der Waals surface area (Å²) in [5.74, 6) is 0. The van der Waals surface area contributed by atoms with Gasteiger partial charge in [0.15, 0.2) is 0 Å². The SMILES string of the molecule is C/C=C\c1c(C=N)nnn1S(C)(=O)=O. The predicted molar refractivity (Wildman–Crippen MR) is 52.9 cm³/mol. The largest absolute Gasteiger partial charge is 0.306 e. The molecule has 1 rings (SSSR count). The molecule has 0 saturated carbocycles. The van der Waals surface area contributed by atoms with Crippen molar-refractivity contribution >= 4 is 22.3 Å². The number of aromatic nitrogens is 3. The van der Waals surface area contributed by atoms with E-state index in [9.17, 15) is 8.42 Å². The fourth-order valence-corrected chi connectivity index (χ4v) is 1.62. The van der Waals surface area contributed by atoms with Gasteiger partial charge in [0, 0.05) is 6.21 Å². The van der Waals surface area contributed by atoms with Gasteiger partial charge in [-0.15, -0.1) is 9.19 Å². The van der Waals surface area contributed by atoms with Crippen LogP contribution in [0.3, 0.4) is 0 Å². The molecule has 7 heteroatoms. The lowest BCUT2D eigenvalue weighted by molar-refractivity contribution is 0.583. The summed E-state index contributed by atoms with van der Waals surface area (Å²) in [6.07, 6.45) is 5.20. The van der Waals surface area contributed by atoms with E-state index in [0.29, 0.717) is 5.69 Å². The van der Waals surface area contributed by atoms with Gasteiger partial charge in [-0.05, 0) is 13.0 Å². The summed E-state index contributed by atoms with van der Waals surface area (Å²) in [6.45, 7) is 1.74. The average Bonchev–Trinajstić information content (AvgIpc) is 2.47. The van der Waals surface area contributed by atoms with Gasteiger partial charge in [0.1, 0.15) is 11.4 Å². The van der Waals surface area contributed by atoms with Gasteiger partial charge < -0.3 is 5.41 Å². The molecule has 0 fully saturated rings. The lowest BCUT2D eigenvalue weighted by Crippen LogP contribution is -2.13. The zero-order chi connectivity index (χ0) is 10.8. The molecule has 0 unspecified atom stereocenters. The molecule has 0 aliphatic rings. The standard InChI is InChI=1S/C7H10N4O2S/c1-3-4-7-6(5-8)9-10-11(7)14(2,12)13/h3-5,8H,1-2H3/b4-3-,8-5?. The topological polar surface area (TPSA) is 88.7 Å². The zero-order valence-corrected chi connectivity index (χ0v) is 8.61. The van der Waals surface area contributed by atoms with Crippen molar-refractivity contribution in [2.45, 2.75) is 6.92 Å². The van der Waals surface area contributed by atoms with E-state index in [1.165, 1.54) is 0 Å².